The highest BCUT2D eigenvalue weighted by atomic mass is 16.2. The molecule has 1 aliphatic rings. The summed E-state index contributed by atoms with van der Waals surface area (Å²) in [5.41, 5.74) is 1.79. The van der Waals surface area contributed by atoms with Gasteiger partial charge < -0.3 is 10.6 Å². The summed E-state index contributed by atoms with van der Waals surface area (Å²) in [5.74, 6) is 0.317. The largest absolute Gasteiger partial charge is 0.352 e. The van der Waals surface area contributed by atoms with E-state index in [2.05, 4.69) is 10.6 Å². The van der Waals surface area contributed by atoms with Gasteiger partial charge in [0.2, 0.25) is 11.8 Å². The van der Waals surface area contributed by atoms with Crippen LogP contribution >= 0.6 is 0 Å². The lowest BCUT2D eigenvalue weighted by atomic mass is 10.1. The fourth-order valence-electron chi connectivity index (χ4n) is 1.74. The standard InChI is InChI=1S/C15H20N2O2/c1-10(2)14(18)16-9-11-4-3-5-13(8-11)17-15(19)12-6-7-12/h3-5,8,10,12H,6-7,9H2,1-2H3,(H,16,18)(H,17,19). The van der Waals surface area contributed by atoms with Crippen molar-refractivity contribution in [1.29, 1.82) is 0 Å². The van der Waals surface area contributed by atoms with Crippen molar-refractivity contribution >= 4 is 17.5 Å². The molecular formula is C15H20N2O2. The lowest BCUT2D eigenvalue weighted by molar-refractivity contribution is -0.124. The van der Waals surface area contributed by atoms with Crippen LogP contribution in [0.15, 0.2) is 24.3 Å². The number of amides is 2. The van der Waals surface area contributed by atoms with Crippen LogP contribution in [0, 0.1) is 11.8 Å². The van der Waals surface area contributed by atoms with Crippen LogP contribution in [0.3, 0.4) is 0 Å². The Kier molecular flexibility index (Phi) is 4.20. The van der Waals surface area contributed by atoms with Crippen LogP contribution in [-0.4, -0.2) is 11.8 Å². The Morgan fingerprint density at radius 1 is 1.32 bits per heavy atom. The first-order chi connectivity index (χ1) is 9.06. The molecule has 19 heavy (non-hydrogen) atoms. The van der Waals surface area contributed by atoms with Gasteiger partial charge in [-0.25, -0.2) is 0 Å². The van der Waals surface area contributed by atoms with Gasteiger partial charge in [0.05, 0.1) is 0 Å². The van der Waals surface area contributed by atoms with Crippen LogP contribution in [0.4, 0.5) is 5.69 Å². The number of anilines is 1. The molecular weight excluding hydrogens is 240 g/mol. The number of hydrogen-bond acceptors (Lipinski definition) is 2. The van der Waals surface area contributed by atoms with Gasteiger partial charge in [0.25, 0.3) is 0 Å². The van der Waals surface area contributed by atoms with E-state index in [0.29, 0.717) is 6.54 Å². The van der Waals surface area contributed by atoms with Gasteiger partial charge in [-0.2, -0.15) is 0 Å². The monoisotopic (exact) mass is 260 g/mol. The zero-order chi connectivity index (χ0) is 13.8. The van der Waals surface area contributed by atoms with Crippen molar-refractivity contribution in [2.45, 2.75) is 33.2 Å². The number of carbonyl (C=O) groups excluding carboxylic acids is 2. The highest BCUT2D eigenvalue weighted by Gasteiger charge is 2.29. The van der Waals surface area contributed by atoms with Gasteiger partial charge in [0.15, 0.2) is 0 Å². The normalized spacial score (nSPS) is 14.3. The van der Waals surface area contributed by atoms with Gasteiger partial charge in [0, 0.05) is 24.1 Å². The third-order valence-corrected chi connectivity index (χ3v) is 3.13. The lowest BCUT2D eigenvalue weighted by Gasteiger charge is -2.09. The molecule has 0 aromatic heterocycles. The van der Waals surface area contributed by atoms with E-state index in [1.807, 2.05) is 38.1 Å². The number of rotatable bonds is 5. The molecule has 1 saturated carbocycles. The second-order valence-corrected chi connectivity index (χ2v) is 5.34. The number of benzene rings is 1. The van der Waals surface area contributed by atoms with Crippen LogP contribution in [0.1, 0.15) is 32.3 Å². The van der Waals surface area contributed by atoms with Gasteiger partial charge in [-0.1, -0.05) is 26.0 Å². The molecule has 1 aromatic rings. The topological polar surface area (TPSA) is 58.2 Å². The molecule has 4 nitrogen and oxygen atoms in total. The SMILES string of the molecule is CC(C)C(=O)NCc1cccc(NC(=O)C2CC2)c1. The molecule has 0 saturated heterocycles. The molecule has 0 spiro atoms. The Morgan fingerprint density at radius 3 is 2.68 bits per heavy atom. The molecule has 0 atom stereocenters. The van der Waals surface area contributed by atoms with Crippen molar-refractivity contribution in [2.24, 2.45) is 11.8 Å². The number of nitrogens with one attached hydrogen (secondary N) is 2. The maximum Gasteiger partial charge on any atom is 0.227 e. The number of hydrogen-bond donors (Lipinski definition) is 2. The van der Waals surface area contributed by atoms with Crippen LogP contribution in [0.25, 0.3) is 0 Å². The minimum Gasteiger partial charge on any atom is -0.352 e. The maximum atomic E-state index is 11.7. The summed E-state index contributed by atoms with van der Waals surface area (Å²) in [6.45, 7) is 4.22. The Bertz CT molecular complexity index is 479. The molecule has 0 radical (unpaired) electrons. The summed E-state index contributed by atoms with van der Waals surface area (Å²) in [5, 5.41) is 5.77. The van der Waals surface area contributed by atoms with Crippen molar-refractivity contribution < 1.29 is 9.59 Å². The Labute approximate surface area is 113 Å². The first-order valence-electron chi connectivity index (χ1n) is 6.74. The minimum atomic E-state index is -0.0160. The smallest absolute Gasteiger partial charge is 0.227 e. The summed E-state index contributed by atoms with van der Waals surface area (Å²) in [7, 11) is 0. The molecule has 102 valence electrons. The Morgan fingerprint density at radius 2 is 2.05 bits per heavy atom. The molecule has 0 unspecified atom stereocenters. The first kappa shape index (κ1) is 13.6. The zero-order valence-electron chi connectivity index (χ0n) is 11.4. The summed E-state index contributed by atoms with van der Waals surface area (Å²) in [6.07, 6.45) is 1.99. The van der Waals surface area contributed by atoms with E-state index in [0.717, 1.165) is 24.1 Å². The highest BCUT2D eigenvalue weighted by Crippen LogP contribution is 2.30. The summed E-state index contributed by atoms with van der Waals surface area (Å²) in [4.78, 5) is 23.2. The average molecular weight is 260 g/mol. The molecule has 1 aliphatic carbocycles. The quantitative estimate of drug-likeness (QED) is 0.853. The first-order valence-corrected chi connectivity index (χ1v) is 6.74. The molecule has 2 amide bonds. The lowest BCUT2D eigenvalue weighted by Crippen LogP contribution is -2.27. The fourth-order valence-corrected chi connectivity index (χ4v) is 1.74. The van der Waals surface area contributed by atoms with Crippen molar-refractivity contribution in [3.05, 3.63) is 29.8 Å². The van der Waals surface area contributed by atoms with E-state index in [1.54, 1.807) is 0 Å². The van der Waals surface area contributed by atoms with Gasteiger partial charge >= 0.3 is 0 Å². The Hall–Kier alpha value is -1.84. The highest BCUT2D eigenvalue weighted by molar-refractivity contribution is 5.94. The van der Waals surface area contributed by atoms with E-state index >= 15 is 0 Å². The summed E-state index contributed by atoms with van der Waals surface area (Å²) >= 11 is 0. The van der Waals surface area contributed by atoms with Crippen molar-refractivity contribution in [2.75, 3.05) is 5.32 Å². The van der Waals surface area contributed by atoms with E-state index in [9.17, 15) is 9.59 Å². The molecule has 0 bridgehead atoms. The third kappa shape index (κ3) is 4.09. The van der Waals surface area contributed by atoms with E-state index in [-0.39, 0.29) is 23.7 Å². The van der Waals surface area contributed by atoms with Crippen molar-refractivity contribution in [3.63, 3.8) is 0 Å². The average Bonchev–Trinajstić information content (AvgIpc) is 3.20. The van der Waals surface area contributed by atoms with E-state index in [4.69, 9.17) is 0 Å². The summed E-state index contributed by atoms with van der Waals surface area (Å²) in [6, 6.07) is 7.60. The van der Waals surface area contributed by atoms with Gasteiger partial charge in [0.1, 0.15) is 0 Å². The maximum absolute atomic E-state index is 11.7. The molecule has 1 fully saturated rings. The van der Waals surface area contributed by atoms with Crippen LogP contribution in [-0.2, 0) is 16.1 Å². The third-order valence-electron chi connectivity index (χ3n) is 3.13. The molecule has 4 heteroatoms. The zero-order valence-corrected chi connectivity index (χ0v) is 11.4. The predicted octanol–water partition coefficient (Wildman–Crippen LogP) is 2.31. The van der Waals surface area contributed by atoms with Crippen molar-refractivity contribution in [3.8, 4) is 0 Å². The van der Waals surface area contributed by atoms with Crippen LogP contribution in [0.2, 0.25) is 0 Å². The van der Waals surface area contributed by atoms with E-state index in [1.165, 1.54) is 0 Å². The number of carbonyl (C=O) groups is 2. The Balaban J connectivity index is 1.90. The van der Waals surface area contributed by atoms with Crippen molar-refractivity contribution in [1.82, 2.24) is 5.32 Å². The van der Waals surface area contributed by atoms with Crippen LogP contribution < -0.4 is 10.6 Å². The van der Waals surface area contributed by atoms with Crippen LogP contribution in [0.5, 0.6) is 0 Å². The second kappa shape index (κ2) is 5.87. The fraction of sp³-hybridized carbons (Fsp3) is 0.467. The predicted molar refractivity (Wildman–Crippen MR) is 74.5 cm³/mol. The minimum absolute atomic E-state index is 0.0160. The second-order valence-electron chi connectivity index (χ2n) is 5.34. The molecule has 2 rings (SSSR count). The molecule has 1 aromatic carbocycles. The van der Waals surface area contributed by atoms with E-state index < -0.39 is 0 Å². The van der Waals surface area contributed by atoms with Gasteiger partial charge in [-0.15, -0.1) is 0 Å². The molecule has 2 N–H and O–H groups in total. The summed E-state index contributed by atoms with van der Waals surface area (Å²) < 4.78 is 0. The van der Waals surface area contributed by atoms with Gasteiger partial charge in [-0.3, -0.25) is 9.59 Å². The molecule has 0 heterocycles. The van der Waals surface area contributed by atoms with Gasteiger partial charge in [-0.05, 0) is 30.5 Å². The molecule has 0 aliphatic heterocycles.